The Morgan fingerprint density at radius 1 is 1.19 bits per heavy atom. The molecule has 1 aromatic carbocycles. The van der Waals surface area contributed by atoms with Crippen molar-refractivity contribution in [1.82, 2.24) is 9.80 Å². The van der Waals surface area contributed by atoms with Crippen LogP contribution in [0.1, 0.15) is 32.8 Å². The molecular formula is C21H30F2N4. The third-order valence-electron chi connectivity index (χ3n) is 4.47. The van der Waals surface area contributed by atoms with Crippen molar-refractivity contribution in [2.75, 3.05) is 38.5 Å². The molecule has 148 valence electrons. The summed E-state index contributed by atoms with van der Waals surface area (Å²) in [7, 11) is 2.12. The zero-order valence-electron chi connectivity index (χ0n) is 16.7. The summed E-state index contributed by atoms with van der Waals surface area (Å²) in [6.45, 7) is 8.68. The second-order valence-electron chi connectivity index (χ2n) is 6.84. The van der Waals surface area contributed by atoms with Gasteiger partial charge < -0.3 is 15.1 Å². The summed E-state index contributed by atoms with van der Waals surface area (Å²) >= 11 is 0. The Morgan fingerprint density at radius 2 is 1.81 bits per heavy atom. The molecule has 4 nitrogen and oxygen atoms in total. The van der Waals surface area contributed by atoms with E-state index in [0.29, 0.717) is 0 Å². The van der Waals surface area contributed by atoms with E-state index in [4.69, 9.17) is 0 Å². The molecule has 0 saturated carbocycles. The van der Waals surface area contributed by atoms with Crippen LogP contribution in [0.3, 0.4) is 0 Å². The van der Waals surface area contributed by atoms with Gasteiger partial charge in [-0.25, -0.2) is 13.8 Å². The zero-order chi connectivity index (χ0) is 19.9. The number of nitrogens with one attached hydrogen (secondary N) is 1. The molecule has 1 N–H and O–H groups in total. The molecule has 0 unspecified atom stereocenters. The standard InChI is InChI=1S/C21H30F2N4/c1-5-7-19(25-18-10-8-17(9-11-18)21(3,22)23)20(24-12-6-2)27-15-13-26(4)14-16-27/h6-12,25H,5,13-16H2,1-4H3/b12-6-,19-7-,24-20-. The van der Waals surface area contributed by atoms with E-state index in [1.54, 1.807) is 18.3 Å². The zero-order valence-corrected chi connectivity index (χ0v) is 16.7. The number of anilines is 1. The van der Waals surface area contributed by atoms with E-state index in [9.17, 15) is 8.78 Å². The highest BCUT2D eigenvalue weighted by molar-refractivity contribution is 6.01. The minimum absolute atomic E-state index is 0.0101. The smallest absolute Gasteiger partial charge is 0.270 e. The van der Waals surface area contributed by atoms with Crippen molar-refractivity contribution >= 4 is 11.5 Å². The van der Waals surface area contributed by atoms with Crippen LogP contribution < -0.4 is 5.32 Å². The minimum atomic E-state index is -2.83. The summed E-state index contributed by atoms with van der Waals surface area (Å²) in [5.74, 6) is -1.95. The number of allylic oxidation sites excluding steroid dienone is 2. The number of aliphatic imine (C=N–C) groups is 1. The molecule has 0 aromatic heterocycles. The van der Waals surface area contributed by atoms with Crippen LogP contribution in [-0.4, -0.2) is 48.9 Å². The number of hydrogen-bond donors (Lipinski definition) is 1. The normalized spacial score (nSPS) is 17.6. The molecule has 0 atom stereocenters. The average Bonchev–Trinajstić information content (AvgIpc) is 2.63. The van der Waals surface area contributed by atoms with Gasteiger partial charge >= 0.3 is 0 Å². The van der Waals surface area contributed by atoms with E-state index in [-0.39, 0.29) is 5.56 Å². The van der Waals surface area contributed by atoms with Gasteiger partial charge in [0.25, 0.3) is 5.92 Å². The minimum Gasteiger partial charge on any atom is -0.353 e. The predicted molar refractivity (Wildman–Crippen MR) is 109 cm³/mol. The molecular weight excluding hydrogens is 346 g/mol. The third-order valence-corrected chi connectivity index (χ3v) is 4.47. The lowest BCUT2D eigenvalue weighted by Gasteiger charge is -2.35. The van der Waals surface area contributed by atoms with Gasteiger partial charge in [0.05, 0.1) is 5.70 Å². The summed E-state index contributed by atoms with van der Waals surface area (Å²) in [5, 5.41) is 3.37. The number of rotatable bonds is 6. The van der Waals surface area contributed by atoms with E-state index in [1.807, 2.05) is 13.0 Å². The molecule has 1 fully saturated rings. The van der Waals surface area contributed by atoms with Crippen LogP contribution in [0.2, 0.25) is 0 Å². The maximum Gasteiger partial charge on any atom is 0.270 e. The second-order valence-corrected chi connectivity index (χ2v) is 6.84. The van der Waals surface area contributed by atoms with Gasteiger partial charge in [0.15, 0.2) is 5.84 Å². The van der Waals surface area contributed by atoms with Gasteiger partial charge in [-0.3, -0.25) is 0 Å². The van der Waals surface area contributed by atoms with Crippen molar-refractivity contribution in [3.05, 3.63) is 53.9 Å². The molecule has 6 heteroatoms. The van der Waals surface area contributed by atoms with Gasteiger partial charge in [-0.1, -0.05) is 31.2 Å². The molecule has 0 spiro atoms. The number of benzene rings is 1. The molecule has 2 rings (SSSR count). The SMILES string of the molecule is C\C=C/N=C(/C(=C/CC)Nc1ccc(C(C)(F)F)cc1)N1CCN(C)CC1. The van der Waals surface area contributed by atoms with E-state index in [2.05, 4.69) is 40.2 Å². The Morgan fingerprint density at radius 3 is 2.33 bits per heavy atom. The fraction of sp³-hybridized carbons (Fsp3) is 0.476. The van der Waals surface area contributed by atoms with Crippen LogP contribution in [0.5, 0.6) is 0 Å². The van der Waals surface area contributed by atoms with Crippen LogP contribution in [0.15, 0.2) is 53.3 Å². The van der Waals surface area contributed by atoms with E-state index < -0.39 is 5.92 Å². The maximum absolute atomic E-state index is 13.4. The summed E-state index contributed by atoms with van der Waals surface area (Å²) in [4.78, 5) is 9.22. The molecule has 1 aliphatic rings. The first-order chi connectivity index (χ1) is 12.8. The number of alkyl halides is 2. The molecule has 1 aromatic rings. The summed E-state index contributed by atoms with van der Waals surface area (Å²) in [6, 6.07) is 6.30. The highest BCUT2D eigenvalue weighted by atomic mass is 19.3. The van der Waals surface area contributed by atoms with Crippen LogP contribution >= 0.6 is 0 Å². The van der Waals surface area contributed by atoms with Crippen molar-refractivity contribution in [1.29, 1.82) is 0 Å². The first kappa shape index (κ1) is 21.1. The number of halogens is 2. The number of nitrogens with zero attached hydrogens (tertiary/aromatic N) is 3. The fourth-order valence-electron chi connectivity index (χ4n) is 2.89. The summed E-state index contributed by atoms with van der Waals surface area (Å²) in [5.41, 5.74) is 1.68. The highest BCUT2D eigenvalue weighted by Gasteiger charge is 2.24. The predicted octanol–water partition coefficient (Wildman–Crippen LogP) is 4.68. The molecule has 0 aliphatic carbocycles. The van der Waals surface area contributed by atoms with E-state index in [0.717, 1.165) is 56.7 Å². The second kappa shape index (κ2) is 9.65. The largest absolute Gasteiger partial charge is 0.353 e. The van der Waals surface area contributed by atoms with Gasteiger partial charge in [-0.05, 0) is 32.5 Å². The number of piperazine rings is 1. The fourth-order valence-corrected chi connectivity index (χ4v) is 2.89. The Labute approximate surface area is 161 Å². The van der Waals surface area contributed by atoms with Crippen molar-refractivity contribution in [3.8, 4) is 0 Å². The topological polar surface area (TPSA) is 30.9 Å². The molecule has 0 radical (unpaired) electrons. The molecule has 1 saturated heterocycles. The van der Waals surface area contributed by atoms with Crippen LogP contribution in [0.25, 0.3) is 0 Å². The van der Waals surface area contributed by atoms with Crippen LogP contribution in [0, 0.1) is 0 Å². The molecule has 1 heterocycles. The lowest BCUT2D eigenvalue weighted by atomic mass is 10.1. The Kier molecular flexibility index (Phi) is 7.54. The summed E-state index contributed by atoms with van der Waals surface area (Å²) < 4.78 is 26.9. The number of amidine groups is 1. The Balaban J connectivity index is 2.25. The molecule has 0 bridgehead atoms. The first-order valence-electron chi connectivity index (χ1n) is 9.43. The molecule has 1 aliphatic heterocycles. The number of hydrogen-bond acceptors (Lipinski definition) is 3. The third kappa shape index (κ3) is 6.17. The maximum atomic E-state index is 13.4. The van der Waals surface area contributed by atoms with Gasteiger partial charge in [0.1, 0.15) is 0 Å². The van der Waals surface area contributed by atoms with Gasteiger partial charge in [0, 0.05) is 50.6 Å². The quantitative estimate of drug-likeness (QED) is 0.577. The highest BCUT2D eigenvalue weighted by Crippen LogP contribution is 2.28. The molecule has 0 amide bonds. The first-order valence-corrected chi connectivity index (χ1v) is 9.43. The Bertz CT molecular complexity index is 679. The molecule has 27 heavy (non-hydrogen) atoms. The van der Waals surface area contributed by atoms with Gasteiger partial charge in [0.2, 0.25) is 0 Å². The van der Waals surface area contributed by atoms with Crippen molar-refractivity contribution in [3.63, 3.8) is 0 Å². The van der Waals surface area contributed by atoms with Gasteiger partial charge in [-0.2, -0.15) is 0 Å². The van der Waals surface area contributed by atoms with E-state index >= 15 is 0 Å². The monoisotopic (exact) mass is 376 g/mol. The van der Waals surface area contributed by atoms with Crippen molar-refractivity contribution in [2.45, 2.75) is 33.1 Å². The van der Waals surface area contributed by atoms with Crippen LogP contribution in [-0.2, 0) is 5.92 Å². The number of likely N-dealkylation sites (N-methyl/N-ethyl adjacent to an activating group) is 1. The van der Waals surface area contributed by atoms with E-state index in [1.165, 1.54) is 12.1 Å². The lowest BCUT2D eigenvalue weighted by Crippen LogP contribution is -2.48. The summed E-state index contributed by atoms with van der Waals surface area (Å²) in [6.07, 6.45) is 6.62. The van der Waals surface area contributed by atoms with Crippen molar-refractivity contribution < 1.29 is 8.78 Å². The van der Waals surface area contributed by atoms with Gasteiger partial charge in [-0.15, -0.1) is 0 Å². The van der Waals surface area contributed by atoms with Crippen molar-refractivity contribution in [2.24, 2.45) is 4.99 Å². The average molecular weight is 376 g/mol. The Hall–Kier alpha value is -2.21. The lowest BCUT2D eigenvalue weighted by molar-refractivity contribution is 0.0175. The van der Waals surface area contributed by atoms with Crippen LogP contribution in [0.4, 0.5) is 14.5 Å².